The van der Waals surface area contributed by atoms with Crippen molar-refractivity contribution in [3.63, 3.8) is 0 Å². The Morgan fingerprint density at radius 3 is 2.64 bits per heavy atom. The average molecular weight is 296 g/mol. The van der Waals surface area contributed by atoms with E-state index in [2.05, 4.69) is 41.4 Å². The molecule has 114 valence electrons. The summed E-state index contributed by atoms with van der Waals surface area (Å²) in [5.41, 5.74) is 16.4. The number of nitrogens with two attached hydrogens (primary N) is 2. The molecule has 1 aliphatic rings. The minimum absolute atomic E-state index is 0.0341. The van der Waals surface area contributed by atoms with Crippen LogP contribution in [0.4, 0.5) is 0 Å². The quantitative estimate of drug-likeness (QED) is 0.507. The molecule has 0 radical (unpaired) electrons. The molecule has 1 unspecified atom stereocenters. The third-order valence-electron chi connectivity index (χ3n) is 4.13. The van der Waals surface area contributed by atoms with Crippen LogP contribution in [0.5, 0.6) is 0 Å². The van der Waals surface area contributed by atoms with Crippen molar-refractivity contribution in [1.82, 2.24) is 0 Å². The number of nitrogens with zero attached hydrogens (tertiary/aromatic N) is 2. The zero-order chi connectivity index (χ0) is 15.7. The van der Waals surface area contributed by atoms with Gasteiger partial charge in [-0.1, -0.05) is 24.3 Å². The Bertz CT molecular complexity index is 754. The fraction of sp³-hybridized carbons (Fsp3) is 0.294. The Balaban J connectivity index is 2.04. The molecule has 1 aromatic heterocycles. The molecule has 22 heavy (non-hydrogen) atoms. The van der Waals surface area contributed by atoms with Gasteiger partial charge >= 0.3 is 0 Å². The summed E-state index contributed by atoms with van der Waals surface area (Å²) in [4.78, 5) is 0. The normalized spacial score (nSPS) is 19.0. The van der Waals surface area contributed by atoms with Crippen molar-refractivity contribution in [2.45, 2.75) is 32.6 Å². The van der Waals surface area contributed by atoms with Gasteiger partial charge in [-0.15, -0.1) is 5.10 Å². The molecule has 0 amide bonds. The van der Waals surface area contributed by atoms with Crippen LogP contribution in [0, 0.1) is 13.8 Å². The van der Waals surface area contributed by atoms with E-state index in [1.54, 1.807) is 6.26 Å². The fourth-order valence-corrected chi connectivity index (χ4v) is 3.14. The van der Waals surface area contributed by atoms with Gasteiger partial charge in [0.2, 0.25) is 5.96 Å². The van der Waals surface area contributed by atoms with E-state index in [9.17, 15) is 0 Å². The van der Waals surface area contributed by atoms with E-state index in [4.69, 9.17) is 15.9 Å². The highest BCUT2D eigenvalue weighted by molar-refractivity contribution is 6.04. The maximum atomic E-state index is 5.72. The number of furan rings is 1. The number of rotatable bonds is 2. The summed E-state index contributed by atoms with van der Waals surface area (Å²) < 4.78 is 5.72. The molecule has 1 aliphatic carbocycles. The smallest absolute Gasteiger partial charge is 0.211 e. The molecular formula is C17H20N4O. The van der Waals surface area contributed by atoms with Crippen LogP contribution in [0.1, 0.15) is 40.4 Å². The maximum absolute atomic E-state index is 5.72. The van der Waals surface area contributed by atoms with Gasteiger partial charge in [0.15, 0.2) is 0 Å². The van der Waals surface area contributed by atoms with E-state index in [0.29, 0.717) is 5.92 Å². The summed E-state index contributed by atoms with van der Waals surface area (Å²) in [5.74, 6) is 1.25. The molecule has 2 aromatic rings. The van der Waals surface area contributed by atoms with Crippen molar-refractivity contribution in [2.75, 3.05) is 0 Å². The highest BCUT2D eigenvalue weighted by Gasteiger charge is 2.29. The number of hydrogen-bond acceptors (Lipinski definition) is 3. The van der Waals surface area contributed by atoms with Crippen molar-refractivity contribution in [2.24, 2.45) is 21.7 Å². The lowest BCUT2D eigenvalue weighted by molar-refractivity contribution is 0.480. The highest BCUT2D eigenvalue weighted by atomic mass is 16.3. The largest absolute Gasteiger partial charge is 0.468 e. The molecule has 0 bridgehead atoms. The van der Waals surface area contributed by atoms with Crippen molar-refractivity contribution in [3.05, 3.63) is 58.5 Å². The predicted octanol–water partition coefficient (Wildman–Crippen LogP) is 2.60. The summed E-state index contributed by atoms with van der Waals surface area (Å²) in [6.45, 7) is 4.15. The summed E-state index contributed by atoms with van der Waals surface area (Å²) >= 11 is 0. The first-order chi connectivity index (χ1) is 10.6. The molecule has 0 fully saturated rings. The Morgan fingerprint density at radius 2 is 1.91 bits per heavy atom. The predicted molar refractivity (Wildman–Crippen MR) is 88.0 cm³/mol. The van der Waals surface area contributed by atoms with Crippen LogP contribution < -0.4 is 11.5 Å². The molecule has 5 nitrogen and oxygen atoms in total. The van der Waals surface area contributed by atoms with Crippen molar-refractivity contribution in [3.8, 4) is 0 Å². The van der Waals surface area contributed by atoms with Gasteiger partial charge in [0.05, 0.1) is 12.0 Å². The molecular weight excluding hydrogens is 276 g/mol. The second-order valence-electron chi connectivity index (χ2n) is 5.75. The number of fused-ring (bicyclic) bond motifs is 1. The third-order valence-corrected chi connectivity index (χ3v) is 4.13. The number of guanidine groups is 1. The van der Waals surface area contributed by atoms with Crippen LogP contribution in [0.3, 0.4) is 0 Å². The lowest BCUT2D eigenvalue weighted by atomic mass is 9.80. The molecule has 4 N–H and O–H groups in total. The summed E-state index contributed by atoms with van der Waals surface area (Å²) in [5, 5.41) is 8.09. The number of aryl methyl sites for hydroxylation is 2. The van der Waals surface area contributed by atoms with Crippen LogP contribution in [-0.4, -0.2) is 11.7 Å². The first-order valence-corrected chi connectivity index (χ1v) is 7.34. The third kappa shape index (κ3) is 2.62. The van der Waals surface area contributed by atoms with E-state index in [1.165, 1.54) is 11.1 Å². The maximum Gasteiger partial charge on any atom is 0.211 e. The first-order valence-electron chi connectivity index (χ1n) is 7.34. The van der Waals surface area contributed by atoms with Gasteiger partial charge in [0, 0.05) is 12.0 Å². The van der Waals surface area contributed by atoms with Crippen LogP contribution in [0.15, 0.2) is 45.1 Å². The minimum atomic E-state index is -0.0341. The fourth-order valence-electron chi connectivity index (χ4n) is 3.14. The standard InChI is InChI=1S/C17H20N4O/c1-10-5-3-4-6-13(10)12-7-14(20-21-17(18)19)16-11(2)9-22-15(16)8-12/h3-6,9,12H,7-8H2,1-2H3,(H4,18,19,21). The van der Waals surface area contributed by atoms with Crippen molar-refractivity contribution >= 4 is 11.7 Å². The van der Waals surface area contributed by atoms with E-state index >= 15 is 0 Å². The Kier molecular flexibility index (Phi) is 3.71. The zero-order valence-electron chi connectivity index (χ0n) is 12.8. The minimum Gasteiger partial charge on any atom is -0.468 e. The van der Waals surface area contributed by atoms with Crippen LogP contribution in [-0.2, 0) is 6.42 Å². The lowest BCUT2D eigenvalue weighted by Crippen LogP contribution is -2.23. The lowest BCUT2D eigenvalue weighted by Gasteiger charge is -2.24. The summed E-state index contributed by atoms with van der Waals surface area (Å²) in [6.07, 6.45) is 3.44. The van der Waals surface area contributed by atoms with Crippen molar-refractivity contribution in [1.29, 1.82) is 0 Å². The molecule has 3 rings (SSSR count). The summed E-state index contributed by atoms with van der Waals surface area (Å²) in [6, 6.07) is 8.42. The van der Waals surface area contributed by atoms with Gasteiger partial charge in [-0.2, -0.15) is 5.10 Å². The number of benzene rings is 1. The zero-order valence-corrected chi connectivity index (χ0v) is 12.8. The van der Waals surface area contributed by atoms with E-state index in [1.807, 2.05) is 6.92 Å². The van der Waals surface area contributed by atoms with Gasteiger partial charge < -0.3 is 15.9 Å². The van der Waals surface area contributed by atoms with Gasteiger partial charge in [0.25, 0.3) is 0 Å². The van der Waals surface area contributed by atoms with Gasteiger partial charge in [-0.25, -0.2) is 0 Å². The van der Waals surface area contributed by atoms with E-state index in [0.717, 1.165) is 35.4 Å². The first kappa shape index (κ1) is 14.4. The van der Waals surface area contributed by atoms with E-state index in [-0.39, 0.29) is 5.96 Å². The Labute approximate surface area is 129 Å². The molecule has 1 atom stereocenters. The molecule has 5 heteroatoms. The van der Waals surface area contributed by atoms with Gasteiger partial charge in [-0.3, -0.25) is 0 Å². The SMILES string of the molecule is Cc1ccccc1C1CC(=NN=C(N)N)c2c(C)coc2C1. The Hall–Kier alpha value is -2.56. The molecule has 0 aliphatic heterocycles. The topological polar surface area (TPSA) is 89.9 Å². The van der Waals surface area contributed by atoms with Crippen LogP contribution in [0.2, 0.25) is 0 Å². The van der Waals surface area contributed by atoms with E-state index < -0.39 is 0 Å². The summed E-state index contributed by atoms with van der Waals surface area (Å²) in [7, 11) is 0. The molecule has 0 saturated carbocycles. The highest BCUT2D eigenvalue weighted by Crippen LogP contribution is 2.36. The van der Waals surface area contributed by atoms with Gasteiger partial charge in [0.1, 0.15) is 5.76 Å². The van der Waals surface area contributed by atoms with Crippen molar-refractivity contribution < 1.29 is 4.42 Å². The molecule has 0 saturated heterocycles. The van der Waals surface area contributed by atoms with Crippen LogP contribution in [0.25, 0.3) is 0 Å². The molecule has 1 heterocycles. The molecule has 1 aromatic carbocycles. The monoisotopic (exact) mass is 296 g/mol. The Morgan fingerprint density at radius 1 is 1.14 bits per heavy atom. The number of hydrogen-bond donors (Lipinski definition) is 2. The molecule has 0 spiro atoms. The second kappa shape index (κ2) is 5.67. The van der Waals surface area contributed by atoms with Crippen LogP contribution >= 0.6 is 0 Å². The second-order valence-corrected chi connectivity index (χ2v) is 5.75. The van der Waals surface area contributed by atoms with Gasteiger partial charge in [-0.05, 0) is 42.9 Å². The average Bonchev–Trinajstić information content (AvgIpc) is 2.87.